The molecule has 0 spiro atoms. The first-order valence-electron chi connectivity index (χ1n) is 6.76. The minimum absolute atomic E-state index is 0.317. The Kier molecular flexibility index (Phi) is 5.69. The van der Waals surface area contributed by atoms with Crippen molar-refractivity contribution in [3.05, 3.63) is 30.1 Å². The molecule has 21 heavy (non-hydrogen) atoms. The summed E-state index contributed by atoms with van der Waals surface area (Å²) >= 11 is 0. The summed E-state index contributed by atoms with van der Waals surface area (Å²) in [4.78, 5) is 23.3. The summed E-state index contributed by atoms with van der Waals surface area (Å²) in [5.74, 6) is -1.68. The summed E-state index contributed by atoms with van der Waals surface area (Å²) < 4.78 is 18.1. The van der Waals surface area contributed by atoms with Gasteiger partial charge in [0, 0.05) is 0 Å². The van der Waals surface area contributed by atoms with Crippen LogP contribution in [0.15, 0.2) is 24.3 Å². The molecule has 2 atom stereocenters. The van der Waals surface area contributed by atoms with Crippen LogP contribution in [0.3, 0.4) is 0 Å². The highest BCUT2D eigenvalue weighted by Crippen LogP contribution is 2.16. The average Bonchev–Trinajstić information content (AvgIpc) is 2.41. The third-order valence-electron chi connectivity index (χ3n) is 3.12. The molecule has 1 rings (SSSR count). The predicted molar refractivity (Wildman–Crippen MR) is 75.6 cm³/mol. The average molecular weight is 297 g/mol. The van der Waals surface area contributed by atoms with Crippen molar-refractivity contribution in [2.45, 2.75) is 45.3 Å². The Labute approximate surface area is 123 Å². The Hall–Kier alpha value is -2.11. The quantitative estimate of drug-likeness (QED) is 0.810. The molecule has 2 unspecified atom stereocenters. The smallest absolute Gasteiger partial charge is 0.329 e. The molecule has 6 heteroatoms. The number of carbonyl (C=O) groups excluding carboxylic acids is 1. The number of carboxylic acids is 1. The molecule has 0 aromatic heterocycles. The van der Waals surface area contributed by atoms with Crippen LogP contribution in [0.5, 0.6) is 5.75 Å². The Morgan fingerprint density at radius 3 is 2.43 bits per heavy atom. The van der Waals surface area contributed by atoms with Gasteiger partial charge in [-0.25, -0.2) is 9.18 Å². The number of ether oxygens (including phenoxy) is 1. The van der Waals surface area contributed by atoms with Crippen LogP contribution in [0.1, 0.15) is 33.6 Å². The van der Waals surface area contributed by atoms with Crippen LogP contribution < -0.4 is 10.1 Å². The fourth-order valence-electron chi connectivity index (χ4n) is 1.87. The van der Waals surface area contributed by atoms with Crippen LogP contribution in [-0.4, -0.2) is 28.6 Å². The van der Waals surface area contributed by atoms with Gasteiger partial charge in [0.25, 0.3) is 5.91 Å². The summed E-state index contributed by atoms with van der Waals surface area (Å²) in [6.07, 6.45) is 0.0548. The van der Waals surface area contributed by atoms with E-state index in [1.165, 1.54) is 38.1 Å². The van der Waals surface area contributed by atoms with E-state index in [0.717, 1.165) is 0 Å². The summed E-state index contributed by atoms with van der Waals surface area (Å²) in [5, 5.41) is 11.7. The molecule has 116 valence electrons. The van der Waals surface area contributed by atoms with Gasteiger partial charge in [-0.3, -0.25) is 4.79 Å². The molecule has 0 aliphatic rings. The number of amides is 1. The first-order valence-corrected chi connectivity index (χ1v) is 6.76. The number of carboxylic acid groups (broad SMARTS) is 1. The maximum Gasteiger partial charge on any atom is 0.329 e. The summed E-state index contributed by atoms with van der Waals surface area (Å²) in [6, 6.07) is 5.25. The van der Waals surface area contributed by atoms with Gasteiger partial charge in [0.2, 0.25) is 0 Å². The molecule has 1 aromatic carbocycles. The van der Waals surface area contributed by atoms with Crippen molar-refractivity contribution in [2.75, 3.05) is 0 Å². The number of hydrogen-bond acceptors (Lipinski definition) is 3. The lowest BCUT2D eigenvalue weighted by atomic mass is 9.96. The molecule has 0 bridgehead atoms. The van der Waals surface area contributed by atoms with Gasteiger partial charge in [-0.05, 0) is 44.5 Å². The van der Waals surface area contributed by atoms with Gasteiger partial charge in [0.1, 0.15) is 17.1 Å². The van der Waals surface area contributed by atoms with E-state index >= 15 is 0 Å². The van der Waals surface area contributed by atoms with Crippen molar-refractivity contribution in [1.82, 2.24) is 5.32 Å². The van der Waals surface area contributed by atoms with Crippen molar-refractivity contribution in [1.29, 1.82) is 0 Å². The van der Waals surface area contributed by atoms with E-state index in [9.17, 15) is 19.1 Å². The zero-order valence-corrected chi connectivity index (χ0v) is 12.4. The Morgan fingerprint density at radius 2 is 1.95 bits per heavy atom. The molecule has 0 radical (unpaired) electrons. The van der Waals surface area contributed by atoms with Crippen molar-refractivity contribution < 1.29 is 23.8 Å². The van der Waals surface area contributed by atoms with Crippen LogP contribution >= 0.6 is 0 Å². The van der Waals surface area contributed by atoms with Crippen LogP contribution in [0.2, 0.25) is 0 Å². The lowest BCUT2D eigenvalue weighted by molar-refractivity contribution is -0.148. The van der Waals surface area contributed by atoms with Gasteiger partial charge >= 0.3 is 5.97 Å². The second-order valence-electron chi connectivity index (χ2n) is 5.09. The van der Waals surface area contributed by atoms with Crippen molar-refractivity contribution in [3.63, 3.8) is 0 Å². The van der Waals surface area contributed by atoms with Gasteiger partial charge in [-0.1, -0.05) is 13.3 Å². The molecule has 2 N–H and O–H groups in total. The van der Waals surface area contributed by atoms with E-state index in [1.54, 1.807) is 0 Å². The lowest BCUT2D eigenvalue weighted by Crippen LogP contribution is -2.55. The number of hydrogen-bond donors (Lipinski definition) is 2. The minimum Gasteiger partial charge on any atom is -0.481 e. The Balaban J connectivity index is 2.69. The van der Waals surface area contributed by atoms with Gasteiger partial charge in [0.15, 0.2) is 6.10 Å². The topological polar surface area (TPSA) is 75.6 Å². The normalized spacial score (nSPS) is 14.9. The second kappa shape index (κ2) is 7.06. The molecule has 0 fully saturated rings. The summed E-state index contributed by atoms with van der Waals surface area (Å²) in [7, 11) is 0. The van der Waals surface area contributed by atoms with Gasteiger partial charge < -0.3 is 15.2 Å². The monoisotopic (exact) mass is 297 g/mol. The van der Waals surface area contributed by atoms with Crippen LogP contribution in [0, 0.1) is 5.82 Å². The SMILES string of the molecule is CCCC(C)(NC(=O)C(C)Oc1ccc(F)cc1)C(=O)O. The number of nitrogens with one attached hydrogen (secondary N) is 1. The van der Waals surface area contributed by atoms with E-state index in [2.05, 4.69) is 5.32 Å². The van der Waals surface area contributed by atoms with Gasteiger partial charge in [0.05, 0.1) is 0 Å². The largest absolute Gasteiger partial charge is 0.481 e. The molecular weight excluding hydrogens is 277 g/mol. The first kappa shape index (κ1) is 16.9. The summed E-state index contributed by atoms with van der Waals surface area (Å²) in [5.41, 5.74) is -1.33. The van der Waals surface area contributed by atoms with Gasteiger partial charge in [-0.2, -0.15) is 0 Å². The maximum atomic E-state index is 12.8. The van der Waals surface area contributed by atoms with Crippen molar-refractivity contribution in [3.8, 4) is 5.75 Å². The van der Waals surface area contributed by atoms with E-state index in [1.807, 2.05) is 6.92 Å². The molecular formula is C15H20FNO4. The van der Waals surface area contributed by atoms with Crippen molar-refractivity contribution >= 4 is 11.9 Å². The number of aliphatic carboxylic acids is 1. The first-order chi connectivity index (χ1) is 9.78. The highest BCUT2D eigenvalue weighted by Gasteiger charge is 2.35. The summed E-state index contributed by atoms with van der Waals surface area (Å²) in [6.45, 7) is 4.81. The molecule has 5 nitrogen and oxygen atoms in total. The molecule has 1 aromatic rings. The van der Waals surface area contributed by atoms with Crippen LogP contribution in [0.4, 0.5) is 4.39 Å². The van der Waals surface area contributed by atoms with Crippen molar-refractivity contribution in [2.24, 2.45) is 0 Å². The third kappa shape index (κ3) is 4.73. The molecule has 0 aliphatic carbocycles. The van der Waals surface area contributed by atoms with Crippen LogP contribution in [-0.2, 0) is 9.59 Å². The lowest BCUT2D eigenvalue weighted by Gasteiger charge is -2.27. The number of carbonyl (C=O) groups is 2. The van der Waals surface area contributed by atoms with E-state index < -0.39 is 29.3 Å². The molecule has 0 saturated heterocycles. The number of rotatable bonds is 7. The molecule has 0 heterocycles. The molecule has 1 amide bonds. The maximum absolute atomic E-state index is 12.8. The van der Waals surface area contributed by atoms with Gasteiger partial charge in [-0.15, -0.1) is 0 Å². The molecule has 0 saturated carbocycles. The van der Waals surface area contributed by atoms with E-state index in [0.29, 0.717) is 18.6 Å². The fraction of sp³-hybridized carbons (Fsp3) is 0.467. The highest BCUT2D eigenvalue weighted by atomic mass is 19.1. The zero-order valence-electron chi connectivity index (χ0n) is 12.4. The van der Waals surface area contributed by atoms with E-state index in [4.69, 9.17) is 4.74 Å². The standard InChI is InChI=1S/C15H20FNO4/c1-4-9-15(3,14(19)20)17-13(18)10(2)21-12-7-5-11(16)6-8-12/h5-8,10H,4,9H2,1-3H3,(H,17,18)(H,19,20). The van der Waals surface area contributed by atoms with Crippen LogP contribution in [0.25, 0.3) is 0 Å². The second-order valence-corrected chi connectivity index (χ2v) is 5.09. The molecule has 0 aliphatic heterocycles. The Morgan fingerprint density at radius 1 is 1.38 bits per heavy atom. The Bertz CT molecular complexity index is 503. The highest BCUT2D eigenvalue weighted by molar-refractivity contribution is 5.88. The number of benzene rings is 1. The predicted octanol–water partition coefficient (Wildman–Crippen LogP) is 2.35. The third-order valence-corrected chi connectivity index (χ3v) is 3.12. The van der Waals surface area contributed by atoms with E-state index in [-0.39, 0.29) is 0 Å². The zero-order chi connectivity index (χ0) is 16.0. The minimum atomic E-state index is -1.33. The number of halogens is 1. The fourth-order valence-corrected chi connectivity index (χ4v) is 1.87.